The number of nitrogens with zero attached hydrogens (tertiary/aromatic N) is 1. The number of aliphatic carboxylic acids is 1. The standard InChI is InChI=1S/C12H12BrN3O2/c13-8-3-1-2-7(4-8)10-6-15-11(16-10)5-9(14)12(17)18/h1-4,6,9H,5,14H2,(H,15,16)(H,17,18). The fraction of sp³-hybridized carbons (Fsp3) is 0.167. The normalized spacial score (nSPS) is 12.3. The molecule has 2 aromatic rings. The minimum Gasteiger partial charge on any atom is -0.480 e. The van der Waals surface area contributed by atoms with Crippen LogP contribution in [0.5, 0.6) is 0 Å². The first kappa shape index (κ1) is 12.8. The van der Waals surface area contributed by atoms with Gasteiger partial charge in [-0.1, -0.05) is 28.1 Å². The number of aromatic nitrogens is 2. The first-order valence-corrected chi connectivity index (χ1v) is 6.14. The van der Waals surface area contributed by atoms with Gasteiger partial charge in [-0.05, 0) is 12.1 Å². The van der Waals surface area contributed by atoms with Crippen molar-refractivity contribution in [3.63, 3.8) is 0 Å². The van der Waals surface area contributed by atoms with Crippen molar-refractivity contribution in [3.8, 4) is 11.3 Å². The number of carboxylic acids is 1. The molecule has 4 N–H and O–H groups in total. The summed E-state index contributed by atoms with van der Waals surface area (Å²) in [6.45, 7) is 0. The Morgan fingerprint density at radius 2 is 2.33 bits per heavy atom. The molecule has 0 amide bonds. The summed E-state index contributed by atoms with van der Waals surface area (Å²) in [5, 5.41) is 8.73. The number of nitrogens with one attached hydrogen (secondary N) is 1. The molecule has 1 unspecified atom stereocenters. The molecule has 0 bridgehead atoms. The number of imidazole rings is 1. The molecule has 1 aromatic carbocycles. The molecule has 94 valence electrons. The van der Waals surface area contributed by atoms with Crippen molar-refractivity contribution in [1.29, 1.82) is 0 Å². The van der Waals surface area contributed by atoms with E-state index in [-0.39, 0.29) is 6.42 Å². The Hall–Kier alpha value is -1.66. The topological polar surface area (TPSA) is 92.0 Å². The molecule has 1 heterocycles. The summed E-state index contributed by atoms with van der Waals surface area (Å²) in [4.78, 5) is 17.8. The molecule has 2 rings (SSSR count). The van der Waals surface area contributed by atoms with E-state index in [2.05, 4.69) is 25.9 Å². The molecule has 0 aliphatic heterocycles. The number of halogens is 1. The highest BCUT2D eigenvalue weighted by atomic mass is 79.9. The second kappa shape index (κ2) is 5.32. The van der Waals surface area contributed by atoms with Gasteiger partial charge in [0.05, 0.1) is 11.9 Å². The second-order valence-corrected chi connectivity index (χ2v) is 4.82. The van der Waals surface area contributed by atoms with E-state index in [1.807, 2.05) is 24.3 Å². The number of hydrogen-bond donors (Lipinski definition) is 3. The highest BCUT2D eigenvalue weighted by Gasteiger charge is 2.14. The van der Waals surface area contributed by atoms with Crippen LogP contribution in [0.4, 0.5) is 0 Å². The number of nitrogens with two attached hydrogens (primary N) is 1. The van der Waals surface area contributed by atoms with Gasteiger partial charge in [0.2, 0.25) is 0 Å². The van der Waals surface area contributed by atoms with Crippen molar-refractivity contribution in [2.24, 2.45) is 5.73 Å². The third kappa shape index (κ3) is 2.96. The summed E-state index contributed by atoms with van der Waals surface area (Å²) in [5.74, 6) is -0.463. The summed E-state index contributed by atoms with van der Waals surface area (Å²) in [6, 6.07) is 6.81. The van der Waals surface area contributed by atoms with Crippen LogP contribution in [0.15, 0.2) is 34.9 Å². The first-order chi connectivity index (χ1) is 8.56. The summed E-state index contributed by atoms with van der Waals surface area (Å²) in [6.07, 6.45) is 1.86. The minimum atomic E-state index is -1.03. The molecule has 0 saturated heterocycles. The Balaban J connectivity index is 2.18. The van der Waals surface area contributed by atoms with Crippen LogP contribution in [0, 0.1) is 0 Å². The van der Waals surface area contributed by atoms with Gasteiger partial charge in [0.1, 0.15) is 11.9 Å². The molecule has 1 aromatic heterocycles. The largest absolute Gasteiger partial charge is 0.480 e. The zero-order chi connectivity index (χ0) is 13.1. The molecule has 0 aliphatic carbocycles. The summed E-state index contributed by atoms with van der Waals surface area (Å²) >= 11 is 3.39. The highest BCUT2D eigenvalue weighted by molar-refractivity contribution is 9.10. The molecule has 0 fully saturated rings. The quantitative estimate of drug-likeness (QED) is 0.803. The fourth-order valence-electron chi connectivity index (χ4n) is 1.56. The molecule has 0 aliphatic rings. The molecular weight excluding hydrogens is 298 g/mol. The van der Waals surface area contributed by atoms with Crippen molar-refractivity contribution < 1.29 is 9.90 Å². The number of carbonyl (C=O) groups is 1. The SMILES string of the molecule is NC(Cc1ncc(-c2cccc(Br)c2)[nH]1)C(=O)O. The number of H-pyrrole nitrogens is 1. The van der Waals surface area contributed by atoms with Crippen LogP contribution in [0.1, 0.15) is 5.82 Å². The number of hydrogen-bond acceptors (Lipinski definition) is 3. The third-order valence-corrected chi connectivity index (χ3v) is 2.99. The number of rotatable bonds is 4. The Bertz CT molecular complexity index is 568. The van der Waals surface area contributed by atoms with Crippen molar-refractivity contribution in [1.82, 2.24) is 9.97 Å². The lowest BCUT2D eigenvalue weighted by Crippen LogP contribution is -2.32. The van der Waals surface area contributed by atoms with Gasteiger partial charge >= 0.3 is 5.97 Å². The van der Waals surface area contributed by atoms with Gasteiger partial charge in [-0.2, -0.15) is 0 Å². The van der Waals surface area contributed by atoms with Gasteiger partial charge in [-0.25, -0.2) is 4.98 Å². The Labute approximate surface area is 112 Å². The minimum absolute atomic E-state index is 0.184. The van der Waals surface area contributed by atoms with Crippen LogP contribution in [0.25, 0.3) is 11.3 Å². The summed E-state index contributed by atoms with van der Waals surface area (Å²) < 4.78 is 0.971. The average Bonchev–Trinajstić information content (AvgIpc) is 2.77. The predicted molar refractivity (Wildman–Crippen MR) is 71.0 cm³/mol. The molecule has 18 heavy (non-hydrogen) atoms. The van der Waals surface area contributed by atoms with E-state index in [1.165, 1.54) is 0 Å². The molecule has 0 radical (unpaired) electrons. The zero-order valence-electron chi connectivity index (χ0n) is 9.43. The third-order valence-electron chi connectivity index (χ3n) is 2.49. The van der Waals surface area contributed by atoms with E-state index in [4.69, 9.17) is 10.8 Å². The van der Waals surface area contributed by atoms with E-state index in [1.54, 1.807) is 6.20 Å². The number of aromatic amines is 1. The first-order valence-electron chi connectivity index (χ1n) is 5.34. The lowest BCUT2D eigenvalue weighted by molar-refractivity contribution is -0.138. The van der Waals surface area contributed by atoms with E-state index < -0.39 is 12.0 Å². The van der Waals surface area contributed by atoms with Crippen LogP contribution in [0.2, 0.25) is 0 Å². The molecule has 0 saturated carbocycles. The fourth-order valence-corrected chi connectivity index (χ4v) is 1.96. The van der Waals surface area contributed by atoms with Crippen molar-refractivity contribution in [2.75, 3.05) is 0 Å². The van der Waals surface area contributed by atoms with E-state index in [0.29, 0.717) is 5.82 Å². The maximum atomic E-state index is 10.7. The van der Waals surface area contributed by atoms with Crippen molar-refractivity contribution in [2.45, 2.75) is 12.5 Å². The average molecular weight is 310 g/mol. The molecule has 5 nitrogen and oxygen atoms in total. The molecule has 1 atom stereocenters. The van der Waals surface area contributed by atoms with Crippen LogP contribution in [0.3, 0.4) is 0 Å². The van der Waals surface area contributed by atoms with E-state index in [9.17, 15) is 4.79 Å². The van der Waals surface area contributed by atoms with Crippen molar-refractivity contribution >= 4 is 21.9 Å². The molecule has 6 heteroatoms. The number of carboxylic acid groups (broad SMARTS) is 1. The van der Waals surface area contributed by atoms with Gasteiger partial charge in [0, 0.05) is 16.5 Å². The smallest absolute Gasteiger partial charge is 0.320 e. The lowest BCUT2D eigenvalue weighted by atomic mass is 10.2. The Morgan fingerprint density at radius 3 is 3.00 bits per heavy atom. The summed E-state index contributed by atoms with van der Waals surface area (Å²) in [5.41, 5.74) is 7.27. The predicted octanol–water partition coefficient (Wildman–Crippen LogP) is 1.79. The van der Waals surface area contributed by atoms with Crippen LogP contribution in [-0.2, 0) is 11.2 Å². The maximum Gasteiger partial charge on any atom is 0.320 e. The molecule has 0 spiro atoms. The highest BCUT2D eigenvalue weighted by Crippen LogP contribution is 2.21. The zero-order valence-corrected chi connectivity index (χ0v) is 11.0. The van der Waals surface area contributed by atoms with Crippen molar-refractivity contribution in [3.05, 3.63) is 40.8 Å². The van der Waals surface area contributed by atoms with Gasteiger partial charge in [0.15, 0.2) is 0 Å². The van der Waals surface area contributed by atoms with Crippen LogP contribution in [-0.4, -0.2) is 27.1 Å². The van der Waals surface area contributed by atoms with E-state index in [0.717, 1.165) is 15.7 Å². The Kier molecular flexibility index (Phi) is 3.78. The lowest BCUT2D eigenvalue weighted by Gasteiger charge is -2.02. The Morgan fingerprint density at radius 1 is 1.56 bits per heavy atom. The van der Waals surface area contributed by atoms with Crippen LogP contribution >= 0.6 is 15.9 Å². The van der Waals surface area contributed by atoms with E-state index >= 15 is 0 Å². The monoisotopic (exact) mass is 309 g/mol. The number of benzene rings is 1. The van der Waals surface area contributed by atoms with Gasteiger partial charge < -0.3 is 15.8 Å². The second-order valence-electron chi connectivity index (χ2n) is 3.90. The molecular formula is C12H12BrN3O2. The van der Waals surface area contributed by atoms with Gasteiger partial charge in [0.25, 0.3) is 0 Å². The van der Waals surface area contributed by atoms with Crippen LogP contribution < -0.4 is 5.73 Å². The van der Waals surface area contributed by atoms with Gasteiger partial charge in [-0.15, -0.1) is 0 Å². The summed E-state index contributed by atoms with van der Waals surface area (Å²) in [7, 11) is 0. The maximum absolute atomic E-state index is 10.7. The van der Waals surface area contributed by atoms with Gasteiger partial charge in [-0.3, -0.25) is 4.79 Å².